The fourth-order valence-electron chi connectivity index (χ4n) is 3.41. The molecular formula is C17H19ClN4O4S. The van der Waals surface area contributed by atoms with Crippen LogP contribution in [0.2, 0.25) is 5.02 Å². The molecule has 0 aliphatic carbocycles. The lowest BCUT2D eigenvalue weighted by Crippen LogP contribution is -2.29. The minimum atomic E-state index is -4.02. The Morgan fingerprint density at radius 2 is 1.93 bits per heavy atom. The van der Waals surface area contributed by atoms with Crippen molar-refractivity contribution in [3.63, 3.8) is 0 Å². The number of likely N-dealkylation sites (N-methyl/N-ethyl adjacent to an activating group) is 1. The van der Waals surface area contributed by atoms with Gasteiger partial charge in [0.05, 0.1) is 15.9 Å². The van der Waals surface area contributed by atoms with Gasteiger partial charge in [-0.3, -0.25) is 15.0 Å². The Balaban J connectivity index is 1.93. The van der Waals surface area contributed by atoms with Gasteiger partial charge in [0.1, 0.15) is 5.69 Å². The molecule has 1 heterocycles. The molecule has 3 rings (SSSR count). The number of halogens is 1. The molecule has 3 N–H and O–H groups in total. The Morgan fingerprint density at radius 3 is 2.52 bits per heavy atom. The summed E-state index contributed by atoms with van der Waals surface area (Å²) in [5.41, 5.74) is 0.971. The summed E-state index contributed by atoms with van der Waals surface area (Å²) in [5, 5.41) is 20.4. The Bertz CT molecular complexity index is 965. The van der Waals surface area contributed by atoms with Gasteiger partial charge in [-0.1, -0.05) is 23.7 Å². The van der Waals surface area contributed by atoms with E-state index in [-0.39, 0.29) is 28.4 Å². The lowest BCUT2D eigenvalue weighted by Gasteiger charge is -2.27. The van der Waals surface area contributed by atoms with Crippen molar-refractivity contribution in [2.75, 3.05) is 18.9 Å². The van der Waals surface area contributed by atoms with Crippen molar-refractivity contribution >= 4 is 33.0 Å². The van der Waals surface area contributed by atoms with Crippen LogP contribution in [0, 0.1) is 10.1 Å². The van der Waals surface area contributed by atoms with Crippen LogP contribution in [0.1, 0.15) is 18.0 Å². The average molecular weight is 411 g/mol. The zero-order valence-corrected chi connectivity index (χ0v) is 16.1. The van der Waals surface area contributed by atoms with Crippen LogP contribution in [0.3, 0.4) is 0 Å². The number of nitro benzene ring substituents is 1. The molecule has 1 aliphatic rings. The summed E-state index contributed by atoms with van der Waals surface area (Å²) in [6.45, 7) is 0.814. The van der Waals surface area contributed by atoms with E-state index in [4.69, 9.17) is 16.7 Å². The fourth-order valence-corrected chi connectivity index (χ4v) is 4.07. The monoisotopic (exact) mass is 410 g/mol. The van der Waals surface area contributed by atoms with Crippen LogP contribution in [0.15, 0.2) is 47.4 Å². The van der Waals surface area contributed by atoms with Crippen molar-refractivity contribution in [3.8, 4) is 0 Å². The van der Waals surface area contributed by atoms with Crippen molar-refractivity contribution in [2.45, 2.75) is 23.4 Å². The van der Waals surface area contributed by atoms with Gasteiger partial charge in [0.15, 0.2) is 0 Å². The van der Waals surface area contributed by atoms with Gasteiger partial charge in [0.25, 0.3) is 5.69 Å². The maximum atomic E-state index is 11.5. The van der Waals surface area contributed by atoms with Crippen LogP contribution in [-0.4, -0.2) is 37.9 Å². The highest BCUT2D eigenvalue weighted by atomic mass is 35.5. The standard InChI is InChI=1S/C17H19ClN4O4S/c1-21-9-8-15(17(21)11-2-4-12(18)5-3-11)20-14-7-6-13(27(19,25)26)10-16(14)22(23)24/h2-7,10,15,17,20H,8-9H2,1H3,(H2,19,25,26). The summed E-state index contributed by atoms with van der Waals surface area (Å²) in [4.78, 5) is 12.7. The maximum absolute atomic E-state index is 11.5. The van der Waals surface area contributed by atoms with E-state index < -0.39 is 14.9 Å². The molecule has 2 atom stereocenters. The summed E-state index contributed by atoms with van der Waals surface area (Å²) in [6.07, 6.45) is 0.776. The topological polar surface area (TPSA) is 119 Å². The molecule has 0 bridgehead atoms. The first-order valence-corrected chi connectivity index (χ1v) is 10.1. The molecule has 2 aromatic rings. The lowest BCUT2D eigenvalue weighted by atomic mass is 10.00. The lowest BCUT2D eigenvalue weighted by molar-refractivity contribution is -0.384. The quantitative estimate of drug-likeness (QED) is 0.577. The molecule has 0 amide bonds. The second-order valence-electron chi connectivity index (χ2n) is 6.50. The number of nitrogens with two attached hydrogens (primary N) is 1. The summed E-state index contributed by atoms with van der Waals surface area (Å²) < 4.78 is 23.0. The van der Waals surface area contributed by atoms with Crippen LogP contribution < -0.4 is 10.5 Å². The summed E-state index contributed by atoms with van der Waals surface area (Å²) in [5.74, 6) is 0. The van der Waals surface area contributed by atoms with E-state index in [9.17, 15) is 18.5 Å². The second-order valence-corrected chi connectivity index (χ2v) is 8.50. The molecule has 1 saturated heterocycles. The normalized spacial score (nSPS) is 20.6. The minimum absolute atomic E-state index is 0.000196. The van der Waals surface area contributed by atoms with Gasteiger partial charge in [-0.2, -0.15) is 0 Å². The van der Waals surface area contributed by atoms with Gasteiger partial charge in [0, 0.05) is 23.7 Å². The number of nitro groups is 1. The highest BCUT2D eigenvalue weighted by Gasteiger charge is 2.34. The van der Waals surface area contributed by atoms with Crippen LogP contribution in [0.4, 0.5) is 11.4 Å². The molecule has 144 valence electrons. The van der Waals surface area contributed by atoms with E-state index in [0.717, 1.165) is 24.6 Å². The highest BCUT2D eigenvalue weighted by Crippen LogP contribution is 2.36. The molecule has 0 spiro atoms. The molecule has 1 fully saturated rings. The summed E-state index contributed by atoms with van der Waals surface area (Å²) in [7, 11) is -2.04. The molecule has 2 unspecified atom stereocenters. The van der Waals surface area contributed by atoms with Gasteiger partial charge >= 0.3 is 0 Å². The number of anilines is 1. The van der Waals surface area contributed by atoms with Gasteiger partial charge in [-0.05, 0) is 43.3 Å². The zero-order valence-electron chi connectivity index (χ0n) is 14.5. The Kier molecular flexibility index (Phi) is 5.38. The van der Waals surface area contributed by atoms with Crippen LogP contribution in [-0.2, 0) is 10.0 Å². The van der Waals surface area contributed by atoms with Crippen LogP contribution in [0.25, 0.3) is 0 Å². The third-order valence-corrected chi connectivity index (χ3v) is 5.86. The van der Waals surface area contributed by atoms with Crippen LogP contribution >= 0.6 is 11.6 Å². The fraction of sp³-hybridized carbons (Fsp3) is 0.294. The number of rotatable bonds is 5. The first kappa shape index (κ1) is 19.6. The van der Waals surface area contributed by atoms with Crippen molar-refractivity contribution in [1.82, 2.24) is 4.90 Å². The predicted molar refractivity (Wildman–Crippen MR) is 103 cm³/mol. The molecule has 27 heavy (non-hydrogen) atoms. The van der Waals surface area contributed by atoms with Gasteiger partial charge in [-0.25, -0.2) is 13.6 Å². The SMILES string of the molecule is CN1CCC(Nc2ccc(S(N)(=O)=O)cc2[N+](=O)[O-])C1c1ccc(Cl)cc1. The second kappa shape index (κ2) is 7.43. The van der Waals surface area contributed by atoms with Crippen molar-refractivity contribution in [1.29, 1.82) is 0 Å². The van der Waals surface area contributed by atoms with Crippen LogP contribution in [0.5, 0.6) is 0 Å². The van der Waals surface area contributed by atoms with E-state index in [1.165, 1.54) is 12.1 Å². The third kappa shape index (κ3) is 4.22. The van der Waals surface area contributed by atoms with E-state index in [1.807, 2.05) is 31.3 Å². The number of primary sulfonamides is 1. The number of hydrogen-bond acceptors (Lipinski definition) is 6. The number of sulfonamides is 1. The largest absolute Gasteiger partial charge is 0.375 e. The Labute approximate surface area is 162 Å². The first-order chi connectivity index (χ1) is 12.7. The molecule has 2 aromatic carbocycles. The van der Waals surface area contributed by atoms with Gasteiger partial charge in [0.2, 0.25) is 10.0 Å². The first-order valence-electron chi connectivity index (χ1n) is 8.20. The molecular weight excluding hydrogens is 392 g/mol. The van der Waals surface area contributed by atoms with E-state index in [0.29, 0.717) is 5.02 Å². The predicted octanol–water partition coefficient (Wildman–Crippen LogP) is 2.75. The number of nitrogens with one attached hydrogen (secondary N) is 1. The van der Waals surface area contributed by atoms with E-state index in [1.54, 1.807) is 0 Å². The van der Waals surface area contributed by atoms with Crippen molar-refractivity contribution < 1.29 is 13.3 Å². The third-order valence-electron chi connectivity index (χ3n) is 4.70. The molecule has 0 aromatic heterocycles. The number of likely N-dealkylation sites (tertiary alicyclic amines) is 1. The maximum Gasteiger partial charge on any atom is 0.293 e. The Morgan fingerprint density at radius 1 is 1.26 bits per heavy atom. The minimum Gasteiger partial charge on any atom is -0.375 e. The molecule has 10 heteroatoms. The number of hydrogen-bond donors (Lipinski definition) is 2. The summed E-state index contributed by atoms with van der Waals surface area (Å²) >= 11 is 5.96. The zero-order chi connectivity index (χ0) is 19.8. The molecule has 0 radical (unpaired) electrons. The van der Waals surface area contributed by atoms with Gasteiger partial charge in [-0.15, -0.1) is 0 Å². The smallest absolute Gasteiger partial charge is 0.293 e. The Hall–Kier alpha value is -2.20. The number of benzene rings is 2. The molecule has 0 saturated carbocycles. The van der Waals surface area contributed by atoms with Gasteiger partial charge < -0.3 is 5.32 Å². The highest BCUT2D eigenvalue weighted by molar-refractivity contribution is 7.89. The summed E-state index contributed by atoms with van der Waals surface area (Å²) in [6, 6.07) is 11.0. The van der Waals surface area contributed by atoms with E-state index >= 15 is 0 Å². The number of nitrogens with zero attached hydrogens (tertiary/aromatic N) is 2. The van der Waals surface area contributed by atoms with E-state index in [2.05, 4.69) is 10.2 Å². The molecule has 8 nitrogen and oxygen atoms in total. The van der Waals surface area contributed by atoms with Crippen molar-refractivity contribution in [3.05, 3.63) is 63.2 Å². The van der Waals surface area contributed by atoms with Crippen molar-refractivity contribution in [2.24, 2.45) is 5.14 Å². The average Bonchev–Trinajstić information content (AvgIpc) is 2.95. The molecule has 1 aliphatic heterocycles.